The van der Waals surface area contributed by atoms with Crippen molar-refractivity contribution in [3.63, 3.8) is 0 Å². The molecule has 0 spiro atoms. The van der Waals surface area contributed by atoms with E-state index in [4.69, 9.17) is 37.0 Å². The van der Waals surface area contributed by atoms with Crippen LogP contribution in [0.2, 0.25) is 0 Å². The Balaban J connectivity index is 5.48. The molecule has 5 unspecified atom stereocenters. The number of carbonyl (C=O) groups is 4. The highest BCUT2D eigenvalue weighted by Gasteiger charge is 2.30. The topological polar surface area (TPSA) is 237 Å². The van der Waals surface area contributed by atoms with Crippen molar-refractivity contribution in [2.45, 2.75) is 303 Å². The molecule has 0 rings (SSSR count). The predicted molar refractivity (Wildman–Crippen MR) is 436 cm³/mol. The summed E-state index contributed by atoms with van der Waals surface area (Å²) in [5.74, 6) is -2.34. The molecule has 0 saturated carbocycles. The Kier molecular flexibility index (Phi) is 73.1. The maximum absolute atomic E-state index is 13.1. The van der Waals surface area contributed by atoms with Gasteiger partial charge in [0.2, 0.25) is 0 Å². The van der Waals surface area contributed by atoms with Gasteiger partial charge in [-0.05, 0) is 161 Å². The molecule has 600 valence electrons. The summed E-state index contributed by atoms with van der Waals surface area (Å²) in [5, 5.41) is 10.6. The van der Waals surface area contributed by atoms with Crippen LogP contribution < -0.4 is 0 Å². The first-order chi connectivity index (χ1) is 51.7. The number of phosphoric acid groups is 2. The van der Waals surface area contributed by atoms with E-state index in [9.17, 15) is 43.2 Å². The van der Waals surface area contributed by atoms with Crippen LogP contribution >= 0.6 is 15.6 Å². The van der Waals surface area contributed by atoms with Crippen molar-refractivity contribution in [1.29, 1.82) is 0 Å². The van der Waals surface area contributed by atoms with Crippen LogP contribution in [-0.4, -0.2) is 96.7 Å². The van der Waals surface area contributed by atoms with Crippen molar-refractivity contribution in [3.8, 4) is 0 Å². The van der Waals surface area contributed by atoms with Crippen molar-refractivity contribution in [2.24, 2.45) is 0 Å². The van der Waals surface area contributed by atoms with Gasteiger partial charge in [0.15, 0.2) is 12.2 Å². The highest BCUT2D eigenvalue weighted by molar-refractivity contribution is 7.47. The first-order valence-electron chi connectivity index (χ1n) is 40.0. The Morgan fingerprint density at radius 3 is 0.811 bits per heavy atom. The van der Waals surface area contributed by atoms with Crippen LogP contribution in [0.4, 0.5) is 0 Å². The first kappa shape index (κ1) is 100. The zero-order valence-corrected chi connectivity index (χ0v) is 67.3. The average Bonchev–Trinajstić information content (AvgIpc) is 0.907. The van der Waals surface area contributed by atoms with Gasteiger partial charge >= 0.3 is 39.5 Å². The summed E-state index contributed by atoms with van der Waals surface area (Å²) in [6, 6.07) is 0. The molecule has 0 fully saturated rings. The number of ether oxygens (including phenoxy) is 4. The number of hydrogen-bond donors (Lipinski definition) is 3. The second-order valence-corrected chi connectivity index (χ2v) is 28.8. The Labute approximate surface area is 641 Å². The standard InChI is InChI=1S/C87H140O17P2/c1-5-9-13-17-21-25-29-33-36-39-40-43-45-49-52-56-60-64-68-72-85(90)98-78-83(104-87(92)74-70-66-62-58-54-50-46-42-38-35-31-27-23-19-15-11-7-3)80-102-106(95,96)100-76-81(88)75-99-105(93,94)101-79-82(103-86(91)73-69-65-61-57-53-47-32-28-24-20-16-12-8-4)77-97-84(89)71-67-63-59-55-51-48-44-41-37-34-30-26-22-18-14-10-6-2/h9-11,13-16,20-23,25-28,32-38,40,43-44,48-49,52,60,64,81-83,88H,5-8,12,17-19,24,29-31,39,41-42,45-47,50-51,53-59,61-63,65-80H2,1-4H3,(H,93,94)(H,95,96)/b13-9-,14-10-,15-11-,20-16-,25-21-,26-22-,27-23-,32-28-,36-33-,37-34-,38-35-,43-40-,48-44-,52-49-,64-60-. The lowest BCUT2D eigenvalue weighted by atomic mass is 10.1. The van der Waals surface area contributed by atoms with Crippen molar-refractivity contribution in [3.05, 3.63) is 182 Å². The Morgan fingerprint density at radius 2 is 0.509 bits per heavy atom. The minimum atomic E-state index is -5.01. The van der Waals surface area contributed by atoms with E-state index in [-0.39, 0.29) is 25.7 Å². The Morgan fingerprint density at radius 1 is 0.274 bits per heavy atom. The van der Waals surface area contributed by atoms with Crippen LogP contribution in [0.25, 0.3) is 0 Å². The largest absolute Gasteiger partial charge is 0.472 e. The van der Waals surface area contributed by atoms with Gasteiger partial charge in [-0.1, -0.05) is 281 Å². The molecule has 0 amide bonds. The van der Waals surface area contributed by atoms with Gasteiger partial charge in [-0.3, -0.25) is 37.3 Å². The molecule has 0 aliphatic carbocycles. The first-order valence-corrected chi connectivity index (χ1v) is 43.0. The van der Waals surface area contributed by atoms with Gasteiger partial charge in [0.25, 0.3) is 0 Å². The summed E-state index contributed by atoms with van der Waals surface area (Å²) in [5.41, 5.74) is 0. The zero-order valence-electron chi connectivity index (χ0n) is 65.5. The van der Waals surface area contributed by atoms with Gasteiger partial charge in [-0.25, -0.2) is 9.13 Å². The molecule has 0 saturated heterocycles. The zero-order chi connectivity index (χ0) is 77.4. The molecule has 17 nitrogen and oxygen atoms in total. The molecule has 0 aliphatic heterocycles. The summed E-state index contributed by atoms with van der Waals surface area (Å²) >= 11 is 0. The van der Waals surface area contributed by atoms with Crippen molar-refractivity contribution in [2.75, 3.05) is 39.6 Å². The van der Waals surface area contributed by atoms with Crippen LogP contribution in [0.1, 0.15) is 285 Å². The summed E-state index contributed by atoms with van der Waals surface area (Å²) in [6.07, 6.45) is 93.1. The highest BCUT2D eigenvalue weighted by Crippen LogP contribution is 2.45. The van der Waals surface area contributed by atoms with E-state index >= 15 is 0 Å². The fourth-order valence-electron chi connectivity index (χ4n) is 9.88. The fourth-order valence-corrected chi connectivity index (χ4v) is 11.5. The maximum Gasteiger partial charge on any atom is 0.472 e. The Hall–Kier alpha value is -5.84. The molecule has 0 aromatic carbocycles. The molecule has 0 aliphatic rings. The van der Waals surface area contributed by atoms with E-state index in [1.807, 2.05) is 18.2 Å². The van der Waals surface area contributed by atoms with Gasteiger partial charge < -0.3 is 33.8 Å². The number of hydrogen-bond acceptors (Lipinski definition) is 15. The lowest BCUT2D eigenvalue weighted by molar-refractivity contribution is -0.161. The molecule has 0 aromatic heterocycles. The number of unbranched alkanes of at least 4 members (excludes halogenated alkanes) is 17. The molecule has 0 bridgehead atoms. The van der Waals surface area contributed by atoms with Crippen LogP contribution in [0.5, 0.6) is 0 Å². The third-order valence-electron chi connectivity index (χ3n) is 15.8. The van der Waals surface area contributed by atoms with Crippen LogP contribution in [0.3, 0.4) is 0 Å². The molecule has 3 N–H and O–H groups in total. The second-order valence-electron chi connectivity index (χ2n) is 25.9. The molecular weight excluding hydrogens is 1380 g/mol. The third kappa shape index (κ3) is 76.4. The summed E-state index contributed by atoms with van der Waals surface area (Å²) < 4.78 is 68.5. The number of phosphoric ester groups is 2. The number of rotatable bonds is 73. The monoisotopic (exact) mass is 1520 g/mol. The lowest BCUT2D eigenvalue weighted by Gasteiger charge is -2.21. The molecule has 0 radical (unpaired) electrons. The number of aliphatic hydroxyl groups excluding tert-OH is 1. The Bertz CT molecular complexity index is 2730. The SMILES string of the molecule is CC/C=C\C/C=C\C/C=C\C/C=C\C/C=C\C/C=C\CCC(=O)OCC(COP(=O)(O)OCC(O)COP(=O)(O)OCC(COC(=O)CCCCCC/C=C\C/C=C\C/C=C\C/C=C\CC)OC(=O)CCCCCCC/C=C\C/C=C\CCC)OC(=O)CCCCCCCCC/C=C\C/C=C\C/C=C\CC. The minimum absolute atomic E-state index is 0.0268. The fraction of sp³-hybridized carbons (Fsp3) is 0.609. The minimum Gasteiger partial charge on any atom is -0.462 e. The summed E-state index contributed by atoms with van der Waals surface area (Å²) in [7, 11) is -10.0. The van der Waals surface area contributed by atoms with Gasteiger partial charge in [0.1, 0.15) is 19.3 Å². The molecule has 19 heteroatoms. The summed E-state index contributed by atoms with van der Waals surface area (Å²) in [6.45, 7) is 4.31. The van der Waals surface area contributed by atoms with Crippen molar-refractivity contribution in [1.82, 2.24) is 0 Å². The van der Waals surface area contributed by atoms with Gasteiger partial charge in [0.05, 0.1) is 26.4 Å². The number of esters is 4. The predicted octanol–water partition coefficient (Wildman–Crippen LogP) is 23.6. The normalized spacial score (nSPS) is 14.8. The average molecular weight is 1520 g/mol. The second kappa shape index (κ2) is 77.3. The third-order valence-corrected chi connectivity index (χ3v) is 17.7. The maximum atomic E-state index is 13.1. The quantitative estimate of drug-likeness (QED) is 0.0169. The molecule has 5 atom stereocenters. The van der Waals surface area contributed by atoms with Gasteiger partial charge in [0, 0.05) is 25.7 Å². The number of allylic oxidation sites excluding steroid dienone is 30. The van der Waals surface area contributed by atoms with Crippen molar-refractivity contribution < 1.29 is 80.2 Å². The van der Waals surface area contributed by atoms with Crippen LogP contribution in [-0.2, 0) is 65.4 Å². The van der Waals surface area contributed by atoms with Crippen LogP contribution in [0.15, 0.2) is 182 Å². The smallest absolute Gasteiger partial charge is 0.462 e. The number of carbonyl (C=O) groups excluding carboxylic acids is 4. The van der Waals surface area contributed by atoms with Gasteiger partial charge in [-0.15, -0.1) is 0 Å². The lowest BCUT2D eigenvalue weighted by Crippen LogP contribution is -2.30. The summed E-state index contributed by atoms with van der Waals surface area (Å²) in [4.78, 5) is 73.0. The molecule has 106 heavy (non-hydrogen) atoms. The van der Waals surface area contributed by atoms with Crippen molar-refractivity contribution >= 4 is 39.5 Å². The highest BCUT2D eigenvalue weighted by atomic mass is 31.2. The van der Waals surface area contributed by atoms with E-state index < -0.39 is 97.5 Å². The van der Waals surface area contributed by atoms with E-state index in [2.05, 4.69) is 192 Å². The van der Waals surface area contributed by atoms with E-state index in [1.165, 1.54) is 0 Å². The number of aliphatic hydroxyl groups is 1. The molecular formula is C87H140O17P2. The van der Waals surface area contributed by atoms with Crippen LogP contribution in [0, 0.1) is 0 Å². The molecule has 0 aromatic rings. The van der Waals surface area contributed by atoms with E-state index in [0.29, 0.717) is 32.1 Å². The van der Waals surface area contributed by atoms with E-state index in [1.54, 1.807) is 0 Å². The van der Waals surface area contributed by atoms with E-state index in [0.717, 1.165) is 199 Å². The molecule has 0 heterocycles. The van der Waals surface area contributed by atoms with Gasteiger partial charge in [-0.2, -0.15) is 0 Å².